The van der Waals surface area contributed by atoms with E-state index in [1.807, 2.05) is 18.9 Å². The summed E-state index contributed by atoms with van der Waals surface area (Å²) in [6.45, 7) is 8.78. The second-order valence-corrected chi connectivity index (χ2v) is 4.52. The van der Waals surface area contributed by atoms with Crippen LogP contribution < -0.4 is 0 Å². The minimum Gasteiger partial charge on any atom is -0.377 e. The van der Waals surface area contributed by atoms with E-state index in [1.165, 1.54) is 0 Å². The first kappa shape index (κ1) is 12.5. The van der Waals surface area contributed by atoms with Crippen LogP contribution in [0.2, 0.25) is 0 Å². The molecule has 0 aromatic rings. The Morgan fingerprint density at radius 3 is 2.80 bits per heavy atom. The van der Waals surface area contributed by atoms with Crippen LogP contribution in [0, 0.1) is 0 Å². The van der Waals surface area contributed by atoms with E-state index in [0.717, 1.165) is 6.54 Å². The van der Waals surface area contributed by atoms with Crippen LogP contribution in [-0.4, -0.2) is 61.1 Å². The Morgan fingerprint density at radius 2 is 2.27 bits per heavy atom. The third kappa shape index (κ3) is 3.47. The highest BCUT2D eigenvalue weighted by Crippen LogP contribution is 2.07. The van der Waals surface area contributed by atoms with Gasteiger partial charge >= 0.3 is 0 Å². The number of hydrogen-bond donors (Lipinski definition) is 0. The Balaban J connectivity index is 2.45. The van der Waals surface area contributed by atoms with Crippen molar-refractivity contribution >= 4 is 5.91 Å². The minimum absolute atomic E-state index is 0.210. The summed E-state index contributed by atoms with van der Waals surface area (Å²) >= 11 is 0. The van der Waals surface area contributed by atoms with Gasteiger partial charge in [0.25, 0.3) is 0 Å². The predicted octanol–water partition coefficient (Wildman–Crippen LogP) is 0.574. The number of ether oxygens (including phenoxy) is 1. The zero-order valence-electron chi connectivity index (χ0n) is 10.2. The van der Waals surface area contributed by atoms with Gasteiger partial charge in [0.2, 0.25) is 5.91 Å². The lowest BCUT2D eigenvalue weighted by Gasteiger charge is -2.35. The number of likely N-dealkylation sites (N-methyl/N-ethyl adjacent to an activating group) is 1. The van der Waals surface area contributed by atoms with Crippen molar-refractivity contribution in [3.05, 3.63) is 0 Å². The topological polar surface area (TPSA) is 32.8 Å². The summed E-state index contributed by atoms with van der Waals surface area (Å²) in [5, 5.41) is 0. The number of amides is 1. The lowest BCUT2D eigenvalue weighted by molar-refractivity contribution is -0.140. The normalized spacial score (nSPS) is 22.5. The molecule has 1 amide bonds. The van der Waals surface area contributed by atoms with Crippen LogP contribution in [-0.2, 0) is 9.53 Å². The van der Waals surface area contributed by atoms with Crippen molar-refractivity contribution in [2.24, 2.45) is 0 Å². The zero-order chi connectivity index (χ0) is 11.4. The first-order chi connectivity index (χ1) is 7.02. The number of rotatable bonds is 3. The third-order valence-corrected chi connectivity index (χ3v) is 2.95. The predicted molar refractivity (Wildman–Crippen MR) is 59.8 cm³/mol. The summed E-state index contributed by atoms with van der Waals surface area (Å²) in [4.78, 5) is 15.9. The Labute approximate surface area is 92.2 Å². The number of carbonyl (C=O) groups excluding carboxylic acids is 1. The Hall–Kier alpha value is -0.610. The Bertz CT molecular complexity index is 219. The van der Waals surface area contributed by atoms with Crippen molar-refractivity contribution in [1.29, 1.82) is 0 Å². The molecule has 88 valence electrons. The van der Waals surface area contributed by atoms with Crippen molar-refractivity contribution in [2.75, 3.05) is 33.4 Å². The Kier molecular flexibility index (Phi) is 4.54. The van der Waals surface area contributed by atoms with E-state index in [4.69, 9.17) is 4.74 Å². The molecule has 1 heterocycles. The fourth-order valence-electron chi connectivity index (χ4n) is 1.58. The molecule has 0 aromatic carbocycles. The van der Waals surface area contributed by atoms with Crippen LogP contribution in [0.4, 0.5) is 0 Å². The van der Waals surface area contributed by atoms with Gasteiger partial charge in [-0.3, -0.25) is 9.69 Å². The van der Waals surface area contributed by atoms with Gasteiger partial charge in [0.05, 0.1) is 25.8 Å². The molecule has 0 saturated carbocycles. The van der Waals surface area contributed by atoms with Crippen molar-refractivity contribution in [2.45, 2.75) is 32.9 Å². The van der Waals surface area contributed by atoms with Gasteiger partial charge in [0, 0.05) is 12.6 Å². The second-order valence-electron chi connectivity index (χ2n) is 4.52. The van der Waals surface area contributed by atoms with Gasteiger partial charge in [-0.1, -0.05) is 0 Å². The summed E-state index contributed by atoms with van der Waals surface area (Å²) in [6, 6.07) is 0.622. The van der Waals surface area contributed by atoms with Crippen molar-refractivity contribution < 1.29 is 9.53 Å². The molecule has 1 aliphatic rings. The summed E-state index contributed by atoms with van der Waals surface area (Å²) in [5.41, 5.74) is 0. The molecule has 0 unspecified atom stereocenters. The van der Waals surface area contributed by atoms with Crippen LogP contribution in [0.1, 0.15) is 20.8 Å². The van der Waals surface area contributed by atoms with Crippen LogP contribution in [0.3, 0.4) is 0 Å². The maximum atomic E-state index is 12.0. The van der Waals surface area contributed by atoms with E-state index in [9.17, 15) is 4.79 Å². The van der Waals surface area contributed by atoms with Gasteiger partial charge in [0.15, 0.2) is 0 Å². The summed E-state index contributed by atoms with van der Waals surface area (Å²) in [6.07, 6.45) is 0. The lowest BCUT2D eigenvalue weighted by Crippen LogP contribution is -2.50. The number of nitrogens with zero attached hydrogens (tertiary/aromatic N) is 2. The molecular weight excluding hydrogens is 192 g/mol. The second kappa shape index (κ2) is 5.47. The van der Waals surface area contributed by atoms with Gasteiger partial charge < -0.3 is 9.64 Å². The average Bonchev–Trinajstić information content (AvgIpc) is 2.18. The maximum Gasteiger partial charge on any atom is 0.237 e. The molecule has 0 aliphatic carbocycles. The monoisotopic (exact) mass is 214 g/mol. The van der Waals surface area contributed by atoms with Gasteiger partial charge in [-0.25, -0.2) is 0 Å². The SMILES string of the molecule is CC(C)N(C)CC(=O)N1CCOC[C@@H]1C. The molecule has 1 aliphatic heterocycles. The van der Waals surface area contributed by atoms with E-state index in [0.29, 0.717) is 25.8 Å². The summed E-state index contributed by atoms with van der Waals surface area (Å²) < 4.78 is 5.31. The quantitative estimate of drug-likeness (QED) is 0.689. The highest BCUT2D eigenvalue weighted by Gasteiger charge is 2.24. The molecule has 0 aromatic heterocycles. The standard InChI is InChI=1S/C11H22N2O2/c1-9(2)12(4)7-11(14)13-5-6-15-8-10(13)3/h9-10H,5-8H2,1-4H3/t10-/m0/s1. The minimum atomic E-state index is 0.210. The molecule has 0 radical (unpaired) electrons. The number of morpholine rings is 1. The molecule has 4 nitrogen and oxygen atoms in total. The highest BCUT2D eigenvalue weighted by molar-refractivity contribution is 5.78. The van der Waals surface area contributed by atoms with Crippen LogP contribution in [0.5, 0.6) is 0 Å². The fourth-order valence-corrected chi connectivity index (χ4v) is 1.58. The van der Waals surface area contributed by atoms with Gasteiger partial charge in [0.1, 0.15) is 0 Å². The van der Waals surface area contributed by atoms with Crippen LogP contribution >= 0.6 is 0 Å². The third-order valence-electron chi connectivity index (χ3n) is 2.95. The molecule has 1 saturated heterocycles. The van der Waals surface area contributed by atoms with Crippen molar-refractivity contribution in [3.8, 4) is 0 Å². The Morgan fingerprint density at radius 1 is 1.60 bits per heavy atom. The highest BCUT2D eigenvalue weighted by atomic mass is 16.5. The largest absolute Gasteiger partial charge is 0.377 e. The van der Waals surface area contributed by atoms with Gasteiger partial charge in [-0.05, 0) is 27.8 Å². The first-order valence-corrected chi connectivity index (χ1v) is 5.60. The average molecular weight is 214 g/mol. The van der Waals surface area contributed by atoms with Crippen LogP contribution in [0.15, 0.2) is 0 Å². The molecule has 4 heteroatoms. The number of hydrogen-bond acceptors (Lipinski definition) is 3. The molecule has 0 N–H and O–H groups in total. The smallest absolute Gasteiger partial charge is 0.237 e. The molecule has 0 spiro atoms. The van der Waals surface area contributed by atoms with Gasteiger partial charge in [-0.2, -0.15) is 0 Å². The van der Waals surface area contributed by atoms with E-state index in [-0.39, 0.29) is 11.9 Å². The zero-order valence-corrected chi connectivity index (χ0v) is 10.2. The summed E-state index contributed by atoms with van der Waals surface area (Å²) in [7, 11) is 1.98. The van der Waals surface area contributed by atoms with Gasteiger partial charge in [-0.15, -0.1) is 0 Å². The molecule has 0 bridgehead atoms. The number of carbonyl (C=O) groups is 1. The van der Waals surface area contributed by atoms with E-state index < -0.39 is 0 Å². The van der Waals surface area contributed by atoms with Crippen molar-refractivity contribution in [3.63, 3.8) is 0 Å². The molecule has 1 atom stereocenters. The first-order valence-electron chi connectivity index (χ1n) is 5.60. The van der Waals surface area contributed by atoms with E-state index >= 15 is 0 Å². The van der Waals surface area contributed by atoms with E-state index in [2.05, 4.69) is 18.7 Å². The maximum absolute atomic E-state index is 12.0. The molecule has 1 fully saturated rings. The molecule has 1 rings (SSSR count). The van der Waals surface area contributed by atoms with E-state index in [1.54, 1.807) is 0 Å². The van der Waals surface area contributed by atoms with Crippen molar-refractivity contribution in [1.82, 2.24) is 9.80 Å². The summed E-state index contributed by atoms with van der Waals surface area (Å²) in [5.74, 6) is 0.210. The van der Waals surface area contributed by atoms with Crippen LogP contribution in [0.25, 0.3) is 0 Å². The molecular formula is C11H22N2O2. The lowest BCUT2D eigenvalue weighted by atomic mass is 10.2. The molecule has 15 heavy (non-hydrogen) atoms. The fraction of sp³-hybridized carbons (Fsp3) is 0.909.